The minimum atomic E-state index is -0.159. The van der Waals surface area contributed by atoms with Crippen molar-refractivity contribution >= 4 is 38.5 Å². The first kappa shape index (κ1) is 23.0. The molecule has 0 bridgehead atoms. The zero-order valence-corrected chi connectivity index (χ0v) is 19.9. The number of ether oxygens (including phenoxy) is 2. The molecule has 0 atom stereocenters. The second kappa shape index (κ2) is 10.7. The van der Waals surface area contributed by atoms with Crippen LogP contribution in [0.1, 0.15) is 43.5 Å². The lowest BCUT2D eigenvalue weighted by molar-refractivity contribution is -0.134. The molecule has 2 heterocycles. The van der Waals surface area contributed by atoms with Gasteiger partial charge in [0.1, 0.15) is 0 Å². The number of hydrogen-bond acceptors (Lipinski definition) is 6. The lowest BCUT2D eigenvalue weighted by Crippen LogP contribution is -2.38. The largest absolute Gasteiger partial charge is 0.490 e. The second-order valence-corrected chi connectivity index (χ2v) is 8.85. The Kier molecular flexibility index (Phi) is 7.44. The molecule has 1 fully saturated rings. The highest BCUT2D eigenvalue weighted by molar-refractivity contribution is 7.22. The highest BCUT2D eigenvalue weighted by atomic mass is 32.1. The average Bonchev–Trinajstić information content (AvgIpc) is 3.28. The Morgan fingerprint density at radius 3 is 2.55 bits per heavy atom. The fourth-order valence-corrected chi connectivity index (χ4v) is 4.93. The van der Waals surface area contributed by atoms with Crippen molar-refractivity contribution in [3.8, 4) is 11.5 Å². The molecule has 0 saturated carbocycles. The summed E-state index contributed by atoms with van der Waals surface area (Å²) in [5.41, 5.74) is 1.36. The normalized spacial score (nSPS) is 13.7. The van der Waals surface area contributed by atoms with Crippen molar-refractivity contribution in [2.45, 2.75) is 33.1 Å². The summed E-state index contributed by atoms with van der Waals surface area (Å²) >= 11 is 1.49. The van der Waals surface area contributed by atoms with Gasteiger partial charge in [-0.15, -0.1) is 0 Å². The van der Waals surface area contributed by atoms with E-state index >= 15 is 0 Å². The van der Waals surface area contributed by atoms with Gasteiger partial charge < -0.3 is 14.4 Å². The third-order valence-electron chi connectivity index (χ3n) is 5.63. The van der Waals surface area contributed by atoms with Crippen molar-refractivity contribution in [2.24, 2.45) is 0 Å². The molecule has 7 nitrogen and oxygen atoms in total. The van der Waals surface area contributed by atoms with Gasteiger partial charge in [-0.1, -0.05) is 23.5 Å². The number of carbonyl (C=O) groups excluding carboxylic acids is 2. The summed E-state index contributed by atoms with van der Waals surface area (Å²) in [5.74, 6) is 0.732. The van der Waals surface area contributed by atoms with Crippen molar-refractivity contribution in [1.29, 1.82) is 0 Å². The predicted octanol–water partition coefficient (Wildman–Crippen LogP) is 4.75. The minimum absolute atomic E-state index is 0.0229. The second-order valence-electron chi connectivity index (χ2n) is 7.84. The number of aromatic nitrogens is 1. The minimum Gasteiger partial charge on any atom is -0.490 e. The van der Waals surface area contributed by atoms with Crippen molar-refractivity contribution in [2.75, 3.05) is 37.7 Å². The first-order valence-corrected chi connectivity index (χ1v) is 12.3. The number of carbonyl (C=O) groups is 2. The van der Waals surface area contributed by atoms with Gasteiger partial charge in [-0.3, -0.25) is 14.5 Å². The van der Waals surface area contributed by atoms with Crippen LogP contribution in [0.15, 0.2) is 42.5 Å². The zero-order chi connectivity index (χ0) is 23.2. The Bertz CT molecular complexity index is 1090. The van der Waals surface area contributed by atoms with E-state index in [4.69, 9.17) is 9.47 Å². The van der Waals surface area contributed by atoms with E-state index in [1.165, 1.54) is 17.8 Å². The lowest BCUT2D eigenvalue weighted by atomic mass is 10.1. The predicted molar refractivity (Wildman–Crippen MR) is 131 cm³/mol. The SMILES string of the molecule is CCOc1cc(C(=O)N(CC)c2nc3ccccc3s2)ccc1OCC(=O)N1CCCCC1. The Morgan fingerprint density at radius 2 is 1.82 bits per heavy atom. The molecule has 2 aromatic carbocycles. The molecule has 0 aliphatic carbocycles. The van der Waals surface area contributed by atoms with Gasteiger partial charge in [0.05, 0.1) is 16.8 Å². The number of fused-ring (bicyclic) bond motifs is 1. The van der Waals surface area contributed by atoms with Crippen molar-refractivity contribution < 1.29 is 19.1 Å². The molecule has 0 radical (unpaired) electrons. The number of anilines is 1. The van der Waals surface area contributed by atoms with Gasteiger partial charge in [-0.25, -0.2) is 4.98 Å². The number of nitrogens with zero attached hydrogens (tertiary/aromatic N) is 3. The fraction of sp³-hybridized carbons (Fsp3) is 0.400. The van der Waals surface area contributed by atoms with Crippen LogP contribution in [0.3, 0.4) is 0 Å². The maximum atomic E-state index is 13.3. The quantitative estimate of drug-likeness (QED) is 0.478. The van der Waals surface area contributed by atoms with Gasteiger partial charge in [0, 0.05) is 25.2 Å². The van der Waals surface area contributed by atoms with E-state index < -0.39 is 0 Å². The molecule has 0 N–H and O–H groups in total. The number of rotatable bonds is 8. The zero-order valence-electron chi connectivity index (χ0n) is 19.1. The molecular weight excluding hydrogens is 438 g/mol. The Labute approximate surface area is 197 Å². The number of likely N-dealkylation sites (tertiary alicyclic amines) is 1. The van der Waals surface area contributed by atoms with Crippen LogP contribution < -0.4 is 14.4 Å². The number of benzene rings is 2. The van der Waals surface area contributed by atoms with E-state index in [1.54, 1.807) is 23.1 Å². The topological polar surface area (TPSA) is 72.0 Å². The van der Waals surface area contributed by atoms with Crippen LogP contribution in [0.2, 0.25) is 0 Å². The van der Waals surface area contributed by atoms with Gasteiger partial charge in [0.25, 0.3) is 11.8 Å². The molecule has 1 aliphatic heterocycles. The third-order valence-corrected chi connectivity index (χ3v) is 6.68. The highest BCUT2D eigenvalue weighted by Gasteiger charge is 2.22. The van der Waals surface area contributed by atoms with Gasteiger partial charge in [0.2, 0.25) is 0 Å². The van der Waals surface area contributed by atoms with Gasteiger partial charge in [-0.2, -0.15) is 0 Å². The van der Waals surface area contributed by atoms with Crippen molar-refractivity contribution in [1.82, 2.24) is 9.88 Å². The molecule has 0 spiro atoms. The molecule has 1 saturated heterocycles. The van der Waals surface area contributed by atoms with Crippen LogP contribution in [-0.4, -0.2) is 54.5 Å². The maximum absolute atomic E-state index is 13.3. The van der Waals surface area contributed by atoms with Crippen molar-refractivity contribution in [3.63, 3.8) is 0 Å². The molecule has 1 aliphatic rings. The van der Waals surface area contributed by atoms with Crippen LogP contribution in [-0.2, 0) is 4.79 Å². The van der Waals surface area contributed by atoms with Gasteiger partial charge in [-0.05, 0) is 63.4 Å². The molecule has 0 unspecified atom stereocenters. The number of para-hydroxylation sites is 1. The average molecular weight is 468 g/mol. The maximum Gasteiger partial charge on any atom is 0.260 e. The van der Waals surface area contributed by atoms with Gasteiger partial charge >= 0.3 is 0 Å². The molecule has 8 heteroatoms. The fourth-order valence-electron chi connectivity index (χ4n) is 3.90. The summed E-state index contributed by atoms with van der Waals surface area (Å²) in [6.07, 6.45) is 3.24. The summed E-state index contributed by atoms with van der Waals surface area (Å²) in [5, 5.41) is 0.661. The monoisotopic (exact) mass is 467 g/mol. The Morgan fingerprint density at radius 1 is 1.03 bits per heavy atom. The van der Waals surface area contributed by atoms with Crippen molar-refractivity contribution in [3.05, 3.63) is 48.0 Å². The van der Waals surface area contributed by atoms with Crippen LogP contribution in [0.4, 0.5) is 5.13 Å². The van der Waals surface area contributed by atoms with E-state index in [0.29, 0.717) is 35.3 Å². The molecular formula is C25H29N3O4S. The van der Waals surface area contributed by atoms with E-state index in [2.05, 4.69) is 4.98 Å². The van der Waals surface area contributed by atoms with Crippen LogP contribution >= 0.6 is 11.3 Å². The van der Waals surface area contributed by atoms with E-state index in [-0.39, 0.29) is 18.4 Å². The number of piperidine rings is 1. The highest BCUT2D eigenvalue weighted by Crippen LogP contribution is 2.32. The Balaban J connectivity index is 1.51. The van der Waals surface area contributed by atoms with Crippen LogP contribution in [0.25, 0.3) is 10.2 Å². The first-order valence-electron chi connectivity index (χ1n) is 11.5. The third kappa shape index (κ3) is 5.27. The molecule has 174 valence electrons. The van der Waals surface area contributed by atoms with Crippen LogP contribution in [0.5, 0.6) is 11.5 Å². The van der Waals surface area contributed by atoms with E-state index in [1.807, 2.05) is 43.0 Å². The van der Waals surface area contributed by atoms with E-state index in [9.17, 15) is 9.59 Å². The summed E-state index contributed by atoms with van der Waals surface area (Å²) in [4.78, 5) is 33.9. The molecule has 2 amide bonds. The molecule has 33 heavy (non-hydrogen) atoms. The lowest BCUT2D eigenvalue weighted by Gasteiger charge is -2.26. The Hall–Kier alpha value is -3.13. The number of thiazole rings is 1. The standard InChI is InChI=1S/C25H29N3O4S/c1-3-28(25-26-19-10-6-7-11-22(19)33-25)24(30)18-12-13-20(21(16-18)31-4-2)32-17-23(29)27-14-8-5-9-15-27/h6-7,10-13,16H,3-5,8-9,14-15,17H2,1-2H3. The summed E-state index contributed by atoms with van der Waals surface area (Å²) in [6, 6.07) is 12.9. The van der Waals surface area contributed by atoms with E-state index in [0.717, 1.165) is 36.1 Å². The molecule has 1 aromatic heterocycles. The number of hydrogen-bond donors (Lipinski definition) is 0. The number of amides is 2. The summed E-state index contributed by atoms with van der Waals surface area (Å²) in [7, 11) is 0. The first-order chi connectivity index (χ1) is 16.1. The van der Waals surface area contributed by atoms with Crippen LogP contribution in [0, 0.1) is 0 Å². The summed E-state index contributed by atoms with van der Waals surface area (Å²) < 4.78 is 12.6. The smallest absolute Gasteiger partial charge is 0.260 e. The summed E-state index contributed by atoms with van der Waals surface area (Å²) in [6.45, 7) is 6.24. The van der Waals surface area contributed by atoms with Gasteiger partial charge in [0.15, 0.2) is 23.2 Å². The molecule has 3 aromatic rings. The molecule has 4 rings (SSSR count).